The molecule has 100 valence electrons. The fourth-order valence-corrected chi connectivity index (χ4v) is 1.82. The Labute approximate surface area is 113 Å². The van der Waals surface area contributed by atoms with Gasteiger partial charge in [0.1, 0.15) is 0 Å². The molecule has 0 radical (unpaired) electrons. The lowest BCUT2D eigenvalue weighted by atomic mass is 10.1. The zero-order chi connectivity index (χ0) is 13.5. The Balaban J connectivity index is 2.65. The minimum absolute atomic E-state index is 0.0267. The molecule has 0 atom stereocenters. The summed E-state index contributed by atoms with van der Waals surface area (Å²) in [6, 6.07) is 5.77. The van der Waals surface area contributed by atoms with E-state index in [1.165, 1.54) is 0 Å². The van der Waals surface area contributed by atoms with Crippen LogP contribution in [0.2, 0.25) is 0 Å². The van der Waals surface area contributed by atoms with Gasteiger partial charge in [0.25, 0.3) is 0 Å². The van der Waals surface area contributed by atoms with Gasteiger partial charge >= 0.3 is 0 Å². The molecule has 0 aromatic heterocycles. The molecule has 1 amide bonds. The first-order valence-corrected chi connectivity index (χ1v) is 6.31. The third-order valence-corrected chi connectivity index (χ3v) is 3.02. The Kier molecular flexibility index (Phi) is 5.85. The van der Waals surface area contributed by atoms with Gasteiger partial charge in [-0.05, 0) is 24.1 Å². The largest absolute Gasteiger partial charge is 0.493 e. The van der Waals surface area contributed by atoms with Crippen LogP contribution in [-0.4, -0.2) is 44.4 Å². The summed E-state index contributed by atoms with van der Waals surface area (Å²) in [5, 5.41) is 0. The average Bonchev–Trinajstić information content (AvgIpc) is 2.43. The Hall–Kier alpha value is -1.36. The second kappa shape index (κ2) is 7.16. The molecule has 4 nitrogen and oxygen atoms in total. The smallest absolute Gasteiger partial charge is 0.232 e. The summed E-state index contributed by atoms with van der Waals surface area (Å²) < 4.78 is 10.4. The van der Waals surface area contributed by atoms with Gasteiger partial charge in [-0.15, -0.1) is 0 Å². The van der Waals surface area contributed by atoms with E-state index in [9.17, 15) is 4.79 Å². The quantitative estimate of drug-likeness (QED) is 0.798. The van der Waals surface area contributed by atoms with Crippen LogP contribution < -0.4 is 9.47 Å². The van der Waals surface area contributed by atoms with Crippen molar-refractivity contribution in [1.82, 2.24) is 4.90 Å². The van der Waals surface area contributed by atoms with E-state index >= 15 is 0 Å². The second-order valence-corrected chi connectivity index (χ2v) is 4.23. The third-order valence-electron chi connectivity index (χ3n) is 2.74. The highest BCUT2D eigenvalue weighted by Crippen LogP contribution is 2.27. The first-order valence-electron chi connectivity index (χ1n) is 5.68. The van der Waals surface area contributed by atoms with Gasteiger partial charge in [-0.2, -0.15) is 12.6 Å². The summed E-state index contributed by atoms with van der Waals surface area (Å²) in [7, 11) is 4.99. The molecule has 1 rings (SSSR count). The fourth-order valence-electron chi connectivity index (χ4n) is 1.58. The van der Waals surface area contributed by atoms with Gasteiger partial charge in [-0.1, -0.05) is 6.07 Å². The van der Waals surface area contributed by atoms with Gasteiger partial charge in [-0.25, -0.2) is 0 Å². The molecule has 0 aliphatic heterocycles. The number of rotatable bonds is 6. The van der Waals surface area contributed by atoms with Gasteiger partial charge in [0, 0.05) is 13.6 Å². The van der Waals surface area contributed by atoms with Crippen molar-refractivity contribution in [3.63, 3.8) is 0 Å². The monoisotopic (exact) mass is 269 g/mol. The van der Waals surface area contributed by atoms with Crippen LogP contribution in [0.5, 0.6) is 11.5 Å². The zero-order valence-corrected chi connectivity index (χ0v) is 11.9. The number of hydrogen-bond acceptors (Lipinski definition) is 4. The number of likely N-dealkylation sites (N-methyl/N-ethyl adjacent to an activating group) is 1. The molecule has 1 aromatic rings. The average molecular weight is 269 g/mol. The highest BCUT2D eigenvalue weighted by atomic mass is 32.1. The molecular weight excluding hydrogens is 250 g/mol. The number of carbonyl (C=O) groups excluding carboxylic acids is 1. The standard InChI is InChI=1S/C13H19NO3S/c1-14(13(15)9-18)7-6-10-4-5-11(16-2)12(8-10)17-3/h4-5,8,18H,6-7,9H2,1-3H3. The van der Waals surface area contributed by atoms with E-state index in [-0.39, 0.29) is 11.7 Å². The normalized spacial score (nSPS) is 10.0. The molecule has 0 spiro atoms. The molecule has 5 heteroatoms. The van der Waals surface area contributed by atoms with Crippen molar-refractivity contribution in [1.29, 1.82) is 0 Å². The number of methoxy groups -OCH3 is 2. The number of benzene rings is 1. The van der Waals surface area contributed by atoms with Crippen molar-refractivity contribution in [2.24, 2.45) is 0 Å². The first kappa shape index (κ1) is 14.7. The van der Waals surface area contributed by atoms with Gasteiger partial charge in [0.05, 0.1) is 20.0 Å². The maximum absolute atomic E-state index is 11.4. The molecule has 0 unspecified atom stereocenters. The maximum Gasteiger partial charge on any atom is 0.232 e. The minimum atomic E-state index is 0.0267. The Bertz CT molecular complexity index is 409. The van der Waals surface area contributed by atoms with E-state index < -0.39 is 0 Å². The van der Waals surface area contributed by atoms with Crippen molar-refractivity contribution in [2.45, 2.75) is 6.42 Å². The molecule has 0 N–H and O–H groups in total. The van der Waals surface area contributed by atoms with Crippen molar-refractivity contribution < 1.29 is 14.3 Å². The van der Waals surface area contributed by atoms with Gasteiger partial charge in [-0.3, -0.25) is 4.79 Å². The third kappa shape index (κ3) is 3.84. The van der Waals surface area contributed by atoms with Crippen LogP contribution in [0.3, 0.4) is 0 Å². The number of hydrogen-bond donors (Lipinski definition) is 1. The summed E-state index contributed by atoms with van der Waals surface area (Å²) in [6.07, 6.45) is 0.774. The highest BCUT2D eigenvalue weighted by Gasteiger charge is 2.08. The lowest BCUT2D eigenvalue weighted by Gasteiger charge is -2.16. The second-order valence-electron chi connectivity index (χ2n) is 3.91. The van der Waals surface area contributed by atoms with Gasteiger partial charge < -0.3 is 14.4 Å². The summed E-state index contributed by atoms with van der Waals surface area (Å²) in [6.45, 7) is 0.662. The predicted octanol–water partition coefficient (Wildman–Crippen LogP) is 1.63. The van der Waals surface area contributed by atoms with E-state index in [4.69, 9.17) is 9.47 Å². The van der Waals surface area contributed by atoms with Crippen molar-refractivity contribution in [3.8, 4) is 11.5 Å². The van der Waals surface area contributed by atoms with Crippen LogP contribution in [0.4, 0.5) is 0 Å². The summed E-state index contributed by atoms with van der Waals surface area (Å²) in [5.74, 6) is 1.68. The van der Waals surface area contributed by atoms with Crippen LogP contribution >= 0.6 is 12.6 Å². The lowest BCUT2D eigenvalue weighted by Crippen LogP contribution is -2.29. The zero-order valence-electron chi connectivity index (χ0n) is 11.0. The van der Waals surface area contributed by atoms with Crippen LogP contribution in [-0.2, 0) is 11.2 Å². The van der Waals surface area contributed by atoms with E-state index in [2.05, 4.69) is 12.6 Å². The summed E-state index contributed by atoms with van der Waals surface area (Å²) in [5.41, 5.74) is 1.10. The van der Waals surface area contributed by atoms with Crippen molar-refractivity contribution >= 4 is 18.5 Å². The van der Waals surface area contributed by atoms with Crippen molar-refractivity contribution in [2.75, 3.05) is 33.6 Å². The topological polar surface area (TPSA) is 38.8 Å². The van der Waals surface area contributed by atoms with Gasteiger partial charge in [0.15, 0.2) is 11.5 Å². The minimum Gasteiger partial charge on any atom is -0.493 e. The van der Waals surface area contributed by atoms with Crippen LogP contribution in [0.25, 0.3) is 0 Å². The van der Waals surface area contributed by atoms with E-state index in [0.717, 1.165) is 12.0 Å². The number of ether oxygens (including phenoxy) is 2. The molecule has 0 saturated carbocycles. The molecule has 0 aliphatic rings. The molecular formula is C13H19NO3S. The molecule has 0 bridgehead atoms. The Morgan fingerprint density at radius 2 is 1.94 bits per heavy atom. The number of thiol groups is 1. The van der Waals surface area contributed by atoms with Crippen molar-refractivity contribution in [3.05, 3.63) is 23.8 Å². The fraction of sp³-hybridized carbons (Fsp3) is 0.462. The van der Waals surface area contributed by atoms with E-state index in [1.807, 2.05) is 18.2 Å². The summed E-state index contributed by atoms with van der Waals surface area (Å²) >= 11 is 3.96. The molecule has 0 heterocycles. The van der Waals surface area contributed by atoms with Gasteiger partial charge in [0.2, 0.25) is 5.91 Å². The number of carbonyl (C=O) groups is 1. The first-order chi connectivity index (χ1) is 8.62. The Morgan fingerprint density at radius 1 is 1.28 bits per heavy atom. The van der Waals surface area contributed by atoms with Crippen LogP contribution in [0, 0.1) is 0 Å². The number of nitrogens with zero attached hydrogens (tertiary/aromatic N) is 1. The lowest BCUT2D eigenvalue weighted by molar-refractivity contribution is -0.127. The van der Waals surface area contributed by atoms with Crippen LogP contribution in [0.1, 0.15) is 5.56 Å². The molecule has 0 fully saturated rings. The molecule has 18 heavy (non-hydrogen) atoms. The number of amides is 1. The Morgan fingerprint density at radius 3 is 2.50 bits per heavy atom. The molecule has 0 aliphatic carbocycles. The summed E-state index contributed by atoms with van der Waals surface area (Å²) in [4.78, 5) is 13.0. The van der Waals surface area contributed by atoms with E-state index in [0.29, 0.717) is 18.0 Å². The maximum atomic E-state index is 11.4. The highest BCUT2D eigenvalue weighted by molar-refractivity contribution is 7.81. The SMILES string of the molecule is COc1ccc(CCN(C)C(=O)CS)cc1OC. The molecule has 0 saturated heterocycles. The predicted molar refractivity (Wildman–Crippen MR) is 74.7 cm³/mol. The molecule has 1 aromatic carbocycles. The van der Waals surface area contributed by atoms with E-state index in [1.54, 1.807) is 26.2 Å². The van der Waals surface area contributed by atoms with Crippen LogP contribution in [0.15, 0.2) is 18.2 Å².